The van der Waals surface area contributed by atoms with Crippen LogP contribution >= 0.6 is 11.6 Å². The normalized spacial score (nSPS) is 10.9. The van der Waals surface area contributed by atoms with Gasteiger partial charge in [0, 0.05) is 19.3 Å². The van der Waals surface area contributed by atoms with Crippen molar-refractivity contribution in [3.05, 3.63) is 40.9 Å². The number of aryl methyl sites for hydroxylation is 1. The predicted octanol–water partition coefficient (Wildman–Crippen LogP) is 3.29. The van der Waals surface area contributed by atoms with Gasteiger partial charge in [0.1, 0.15) is 16.5 Å². The van der Waals surface area contributed by atoms with Gasteiger partial charge in [-0.1, -0.05) is 11.6 Å². The molecule has 21 heavy (non-hydrogen) atoms. The summed E-state index contributed by atoms with van der Waals surface area (Å²) in [5, 5.41) is -0.00619. The van der Waals surface area contributed by atoms with Gasteiger partial charge in [0.05, 0.1) is 19.4 Å². The van der Waals surface area contributed by atoms with Crippen molar-refractivity contribution >= 4 is 17.6 Å². The number of pyridine rings is 2. The number of halogens is 1. The van der Waals surface area contributed by atoms with Crippen LogP contribution in [0.3, 0.4) is 0 Å². The van der Waals surface area contributed by atoms with E-state index in [0.717, 1.165) is 0 Å². The minimum Gasteiger partial charge on any atom is -0.494 e. The highest BCUT2D eigenvalue weighted by Gasteiger charge is 2.25. The fourth-order valence-corrected chi connectivity index (χ4v) is 2.26. The van der Waals surface area contributed by atoms with Crippen molar-refractivity contribution in [1.82, 2.24) is 9.97 Å². The summed E-state index contributed by atoms with van der Waals surface area (Å²) in [7, 11) is 1.46. The number of carbonyl (C=O) groups is 1. The third-order valence-corrected chi connectivity index (χ3v) is 3.10. The van der Waals surface area contributed by atoms with Gasteiger partial charge in [0.15, 0.2) is 0 Å². The number of aromatic nitrogens is 2. The van der Waals surface area contributed by atoms with Crippen LogP contribution in [0.4, 0.5) is 0 Å². The molecule has 2 aromatic rings. The van der Waals surface area contributed by atoms with Crippen LogP contribution in [0.25, 0.3) is 11.1 Å². The molecular formula is C15H15ClN2O3. The van der Waals surface area contributed by atoms with E-state index in [1.807, 2.05) is 0 Å². The number of carbonyl (C=O) groups excluding carboxylic acids is 1. The van der Waals surface area contributed by atoms with Crippen molar-refractivity contribution in [2.24, 2.45) is 0 Å². The molecule has 0 bridgehead atoms. The summed E-state index contributed by atoms with van der Waals surface area (Å²) in [4.78, 5) is 20.3. The van der Waals surface area contributed by atoms with Crippen molar-refractivity contribution < 1.29 is 15.6 Å². The predicted molar refractivity (Wildman–Crippen MR) is 79.7 cm³/mol. The fourth-order valence-electron chi connectivity index (χ4n) is 1.99. The van der Waals surface area contributed by atoms with E-state index in [1.165, 1.54) is 7.11 Å². The zero-order valence-corrected chi connectivity index (χ0v) is 12.5. The largest absolute Gasteiger partial charge is 0.494 e. The molecule has 0 N–H and O–H groups in total. The summed E-state index contributed by atoms with van der Waals surface area (Å²) in [5.41, 5.74) is 1.63. The molecule has 0 aliphatic heterocycles. The van der Waals surface area contributed by atoms with Gasteiger partial charge in [0.2, 0.25) is 0 Å². The molecule has 2 heterocycles. The van der Waals surface area contributed by atoms with Crippen LogP contribution < -0.4 is 4.74 Å². The average molecular weight is 308 g/mol. The van der Waals surface area contributed by atoms with Crippen molar-refractivity contribution in [2.45, 2.75) is 13.8 Å². The van der Waals surface area contributed by atoms with E-state index in [9.17, 15) is 4.79 Å². The zero-order chi connectivity index (χ0) is 16.1. The van der Waals surface area contributed by atoms with E-state index in [-0.39, 0.29) is 24.2 Å². The fraction of sp³-hybridized carbons (Fsp3) is 0.267. The Bertz CT molecular complexity index is 680. The first kappa shape index (κ1) is 13.8. The third kappa shape index (κ3) is 2.97. The Kier molecular flexibility index (Phi) is 4.31. The molecule has 0 atom stereocenters. The lowest BCUT2D eigenvalue weighted by atomic mass is 10.00. The van der Waals surface area contributed by atoms with Crippen LogP contribution in [0.1, 0.15) is 24.3 Å². The molecule has 0 aliphatic carbocycles. The molecule has 2 rings (SSSR count). The van der Waals surface area contributed by atoms with Crippen LogP contribution in [0, 0.1) is 6.90 Å². The van der Waals surface area contributed by atoms with Gasteiger partial charge in [-0.25, -0.2) is 9.78 Å². The van der Waals surface area contributed by atoms with Crippen molar-refractivity contribution in [2.75, 3.05) is 13.7 Å². The first-order valence-electron chi connectivity index (χ1n) is 6.97. The van der Waals surface area contributed by atoms with Gasteiger partial charge in [0.25, 0.3) is 0 Å². The standard InChI is InChI=1S/C15H15ClN2O3/c1-4-21-15(19)12-11(10-5-7-17-8-6-10)13(20-3)9(2)18-14(12)16/h5-8H,4H2,1-3H3/i2D. The van der Waals surface area contributed by atoms with E-state index in [1.54, 1.807) is 31.5 Å². The maximum absolute atomic E-state index is 12.3. The number of rotatable bonds is 4. The van der Waals surface area contributed by atoms with Gasteiger partial charge in [-0.2, -0.15) is 0 Å². The van der Waals surface area contributed by atoms with Crippen molar-refractivity contribution in [3.63, 3.8) is 0 Å². The molecule has 0 saturated heterocycles. The Balaban J connectivity index is 2.79. The lowest BCUT2D eigenvalue weighted by molar-refractivity contribution is 0.0526. The molecule has 0 unspecified atom stereocenters. The third-order valence-electron chi connectivity index (χ3n) is 2.83. The van der Waals surface area contributed by atoms with Gasteiger partial charge in [-0.05, 0) is 31.5 Å². The van der Waals surface area contributed by atoms with Crippen LogP contribution in [-0.2, 0) is 4.74 Å². The maximum Gasteiger partial charge on any atom is 0.342 e. The maximum atomic E-state index is 12.3. The second-order valence-corrected chi connectivity index (χ2v) is 4.45. The molecule has 110 valence electrons. The lowest BCUT2D eigenvalue weighted by Gasteiger charge is -2.16. The quantitative estimate of drug-likeness (QED) is 0.640. The molecule has 0 fully saturated rings. The lowest BCUT2D eigenvalue weighted by Crippen LogP contribution is -2.10. The average Bonchev–Trinajstić information content (AvgIpc) is 2.54. The highest BCUT2D eigenvalue weighted by molar-refractivity contribution is 6.33. The molecule has 0 aliphatic rings. The molecule has 0 radical (unpaired) electrons. The molecule has 0 aromatic carbocycles. The molecule has 0 amide bonds. The Morgan fingerprint density at radius 2 is 2.14 bits per heavy atom. The summed E-state index contributed by atoms with van der Waals surface area (Å²) in [6.07, 6.45) is 3.19. The minimum absolute atomic E-state index is 0.00619. The Morgan fingerprint density at radius 1 is 1.43 bits per heavy atom. The smallest absolute Gasteiger partial charge is 0.342 e. The van der Waals surface area contributed by atoms with Crippen molar-refractivity contribution in [1.29, 1.82) is 0 Å². The highest BCUT2D eigenvalue weighted by Crippen LogP contribution is 2.38. The molecular weight excluding hydrogens is 292 g/mol. The van der Waals surface area contributed by atoms with Crippen LogP contribution in [-0.4, -0.2) is 29.7 Å². The van der Waals surface area contributed by atoms with E-state index in [0.29, 0.717) is 22.6 Å². The van der Waals surface area contributed by atoms with Crippen molar-refractivity contribution in [3.8, 4) is 16.9 Å². The molecule has 0 saturated carbocycles. The second kappa shape index (κ2) is 6.54. The second-order valence-electron chi connectivity index (χ2n) is 4.09. The number of hydrogen-bond acceptors (Lipinski definition) is 5. The first-order valence-corrected chi connectivity index (χ1v) is 6.64. The highest BCUT2D eigenvalue weighted by atomic mass is 35.5. The van der Waals surface area contributed by atoms with E-state index in [2.05, 4.69) is 9.97 Å². The van der Waals surface area contributed by atoms with E-state index >= 15 is 0 Å². The Morgan fingerprint density at radius 3 is 2.71 bits per heavy atom. The van der Waals surface area contributed by atoms with Crippen LogP contribution in [0.5, 0.6) is 5.75 Å². The van der Waals surface area contributed by atoms with E-state index < -0.39 is 5.97 Å². The van der Waals surface area contributed by atoms with Gasteiger partial charge in [-0.3, -0.25) is 4.98 Å². The van der Waals surface area contributed by atoms with Crippen LogP contribution in [0.15, 0.2) is 24.5 Å². The Labute approximate surface area is 129 Å². The minimum atomic E-state index is -0.582. The van der Waals surface area contributed by atoms with Gasteiger partial charge < -0.3 is 9.47 Å². The van der Waals surface area contributed by atoms with Gasteiger partial charge >= 0.3 is 5.97 Å². The number of methoxy groups -OCH3 is 1. The van der Waals surface area contributed by atoms with Crippen LogP contribution in [0.2, 0.25) is 5.15 Å². The number of nitrogens with zero attached hydrogens (tertiary/aromatic N) is 2. The van der Waals surface area contributed by atoms with E-state index in [4.69, 9.17) is 22.4 Å². The first-order chi connectivity index (χ1) is 10.6. The summed E-state index contributed by atoms with van der Waals surface area (Å²) < 4.78 is 18.0. The molecule has 6 heteroatoms. The number of hydrogen-bond donors (Lipinski definition) is 0. The zero-order valence-electron chi connectivity index (χ0n) is 12.7. The molecule has 2 aromatic heterocycles. The summed E-state index contributed by atoms with van der Waals surface area (Å²) >= 11 is 6.16. The number of esters is 1. The SMILES string of the molecule is [2H]Cc1nc(Cl)c(C(=O)OCC)c(-c2ccncc2)c1OC. The monoisotopic (exact) mass is 307 g/mol. The number of ether oxygens (including phenoxy) is 2. The summed E-state index contributed by atoms with van der Waals surface area (Å²) in [5.74, 6) is -0.240. The molecule has 5 nitrogen and oxygen atoms in total. The Hall–Kier alpha value is -2.14. The summed E-state index contributed by atoms with van der Waals surface area (Å²) in [6, 6.07) is 3.45. The summed E-state index contributed by atoms with van der Waals surface area (Å²) in [6.45, 7) is 1.80. The topological polar surface area (TPSA) is 61.3 Å². The van der Waals surface area contributed by atoms with Gasteiger partial charge in [-0.15, -0.1) is 0 Å². The molecule has 0 spiro atoms.